The predicted octanol–water partition coefficient (Wildman–Crippen LogP) is 4.90. The maximum atomic E-state index is 6.02. The predicted molar refractivity (Wildman–Crippen MR) is 88.8 cm³/mol. The summed E-state index contributed by atoms with van der Waals surface area (Å²) in [6.45, 7) is 4.26. The smallest absolute Gasteiger partial charge is 0.158 e. The number of hydrogen-bond acceptors (Lipinski definition) is 1. The zero-order valence-corrected chi connectivity index (χ0v) is 13.9. The zero-order valence-electron chi connectivity index (χ0n) is 12.4. The first-order chi connectivity index (χ1) is 10.2. The third-order valence-corrected chi connectivity index (χ3v) is 3.85. The Morgan fingerprint density at radius 1 is 1.00 bits per heavy atom. The molecule has 1 aromatic carbocycles. The lowest BCUT2D eigenvalue weighted by Gasteiger charge is -2.01. The molecule has 0 saturated heterocycles. The number of quaternary nitrogens is 1. The first kappa shape index (κ1) is 16.4. The van der Waals surface area contributed by atoms with Gasteiger partial charge in [-0.1, -0.05) is 43.0 Å². The summed E-state index contributed by atoms with van der Waals surface area (Å²) in [6, 6.07) is 9.45. The summed E-state index contributed by atoms with van der Waals surface area (Å²) < 4.78 is 5.86. The van der Waals surface area contributed by atoms with Crippen molar-refractivity contribution in [1.82, 2.24) is 0 Å². The number of benzene rings is 1. The van der Waals surface area contributed by atoms with Crippen LogP contribution in [0.3, 0.4) is 0 Å². The van der Waals surface area contributed by atoms with Gasteiger partial charge in [0.15, 0.2) is 5.76 Å². The molecule has 2 nitrogen and oxygen atoms in total. The SMILES string of the molecule is CCCCCC[NH2+]Cc1ccc(-c2cc(Cl)cc(Cl)c2)o1. The number of unbranched alkanes of at least 4 members (excludes halogenated alkanes) is 3. The molecule has 0 spiro atoms. The van der Waals surface area contributed by atoms with Gasteiger partial charge in [-0.2, -0.15) is 0 Å². The van der Waals surface area contributed by atoms with Crippen LogP contribution < -0.4 is 5.32 Å². The van der Waals surface area contributed by atoms with E-state index in [1.807, 2.05) is 24.3 Å². The van der Waals surface area contributed by atoms with Gasteiger partial charge in [0.2, 0.25) is 0 Å². The van der Waals surface area contributed by atoms with E-state index in [1.54, 1.807) is 6.07 Å². The molecule has 2 rings (SSSR count). The van der Waals surface area contributed by atoms with E-state index >= 15 is 0 Å². The number of furan rings is 1. The van der Waals surface area contributed by atoms with Crippen molar-refractivity contribution in [3.05, 3.63) is 46.1 Å². The van der Waals surface area contributed by atoms with Crippen LogP contribution in [0.15, 0.2) is 34.7 Å². The van der Waals surface area contributed by atoms with E-state index in [0.29, 0.717) is 10.0 Å². The molecule has 0 aliphatic heterocycles. The van der Waals surface area contributed by atoms with Crippen molar-refractivity contribution in [2.45, 2.75) is 39.2 Å². The Morgan fingerprint density at radius 2 is 1.76 bits per heavy atom. The molecular formula is C17H22Cl2NO+. The van der Waals surface area contributed by atoms with E-state index in [0.717, 1.165) is 30.2 Å². The van der Waals surface area contributed by atoms with Crippen molar-refractivity contribution in [3.8, 4) is 11.3 Å². The molecule has 2 N–H and O–H groups in total. The summed E-state index contributed by atoms with van der Waals surface area (Å²) in [6.07, 6.45) is 5.20. The summed E-state index contributed by atoms with van der Waals surface area (Å²) in [7, 11) is 0. The van der Waals surface area contributed by atoms with Crippen LogP contribution in [0.25, 0.3) is 11.3 Å². The number of rotatable bonds is 8. The van der Waals surface area contributed by atoms with Gasteiger partial charge in [0.25, 0.3) is 0 Å². The second-order valence-corrected chi connectivity index (χ2v) is 6.14. The van der Waals surface area contributed by atoms with Crippen molar-refractivity contribution in [2.75, 3.05) is 6.54 Å². The molecule has 0 aliphatic rings. The van der Waals surface area contributed by atoms with E-state index in [2.05, 4.69) is 12.2 Å². The van der Waals surface area contributed by atoms with E-state index < -0.39 is 0 Å². The standard InChI is InChI=1S/C17H21Cl2NO/c1-2-3-4-5-8-20-12-16-6-7-17(21-16)13-9-14(18)11-15(19)10-13/h6-7,9-11,20H,2-5,8,12H2,1H3/p+1. The molecular weight excluding hydrogens is 305 g/mol. The van der Waals surface area contributed by atoms with Gasteiger partial charge in [-0.05, 0) is 43.2 Å². The number of hydrogen-bond donors (Lipinski definition) is 1. The van der Waals surface area contributed by atoms with E-state index in [1.165, 1.54) is 25.7 Å². The van der Waals surface area contributed by atoms with Crippen LogP contribution in [0.4, 0.5) is 0 Å². The lowest BCUT2D eigenvalue weighted by Crippen LogP contribution is -2.82. The van der Waals surface area contributed by atoms with Crippen LogP contribution in [-0.4, -0.2) is 6.54 Å². The first-order valence-electron chi connectivity index (χ1n) is 7.56. The highest BCUT2D eigenvalue weighted by atomic mass is 35.5. The van der Waals surface area contributed by atoms with Crippen molar-refractivity contribution in [1.29, 1.82) is 0 Å². The maximum absolute atomic E-state index is 6.02. The molecule has 0 unspecified atom stereocenters. The molecule has 0 bridgehead atoms. The van der Waals surface area contributed by atoms with Gasteiger partial charge < -0.3 is 9.73 Å². The molecule has 0 aliphatic carbocycles. The van der Waals surface area contributed by atoms with Crippen molar-refractivity contribution < 1.29 is 9.73 Å². The Balaban J connectivity index is 1.86. The first-order valence-corrected chi connectivity index (χ1v) is 8.31. The summed E-state index contributed by atoms with van der Waals surface area (Å²) in [4.78, 5) is 0. The Hall–Kier alpha value is -0.960. The molecule has 0 fully saturated rings. The summed E-state index contributed by atoms with van der Waals surface area (Å²) in [5, 5.41) is 3.54. The van der Waals surface area contributed by atoms with Crippen molar-refractivity contribution in [3.63, 3.8) is 0 Å². The summed E-state index contributed by atoms with van der Waals surface area (Å²) in [5.41, 5.74) is 0.918. The second kappa shape index (κ2) is 8.47. The minimum absolute atomic E-state index is 0.623. The average molecular weight is 327 g/mol. The third kappa shape index (κ3) is 5.39. The molecule has 0 saturated carbocycles. The number of halogens is 2. The van der Waals surface area contributed by atoms with Crippen molar-refractivity contribution >= 4 is 23.2 Å². The van der Waals surface area contributed by atoms with E-state index in [-0.39, 0.29) is 0 Å². The molecule has 1 heterocycles. The summed E-state index contributed by atoms with van der Waals surface area (Å²) in [5.74, 6) is 1.80. The van der Waals surface area contributed by atoms with Crippen LogP contribution in [0.1, 0.15) is 38.4 Å². The monoisotopic (exact) mass is 326 g/mol. The summed E-state index contributed by atoms with van der Waals surface area (Å²) >= 11 is 12.0. The minimum atomic E-state index is 0.623. The molecule has 0 atom stereocenters. The van der Waals surface area contributed by atoms with Gasteiger partial charge in [-0.25, -0.2) is 0 Å². The van der Waals surface area contributed by atoms with Gasteiger partial charge in [0.1, 0.15) is 12.3 Å². The van der Waals surface area contributed by atoms with E-state index in [9.17, 15) is 0 Å². The van der Waals surface area contributed by atoms with Crippen LogP contribution in [0.2, 0.25) is 10.0 Å². The van der Waals surface area contributed by atoms with Crippen molar-refractivity contribution in [2.24, 2.45) is 0 Å². The molecule has 4 heteroatoms. The van der Waals surface area contributed by atoms with Crippen LogP contribution in [0, 0.1) is 0 Å². The number of nitrogens with two attached hydrogens (primary N) is 1. The zero-order chi connectivity index (χ0) is 15.1. The van der Waals surface area contributed by atoms with Gasteiger partial charge in [-0.15, -0.1) is 0 Å². The highest BCUT2D eigenvalue weighted by Gasteiger charge is 2.07. The van der Waals surface area contributed by atoms with Crippen LogP contribution in [-0.2, 0) is 6.54 Å². The van der Waals surface area contributed by atoms with Gasteiger partial charge >= 0.3 is 0 Å². The fourth-order valence-corrected chi connectivity index (χ4v) is 2.82. The normalized spacial score (nSPS) is 11.0. The van der Waals surface area contributed by atoms with Gasteiger partial charge in [-0.3, -0.25) is 0 Å². The average Bonchev–Trinajstić information content (AvgIpc) is 2.90. The minimum Gasteiger partial charge on any atom is -0.455 e. The Bertz CT molecular complexity index is 545. The molecule has 1 aromatic heterocycles. The van der Waals surface area contributed by atoms with Crippen LogP contribution in [0.5, 0.6) is 0 Å². The Morgan fingerprint density at radius 3 is 2.48 bits per heavy atom. The lowest BCUT2D eigenvalue weighted by molar-refractivity contribution is -0.672. The largest absolute Gasteiger partial charge is 0.455 e. The molecule has 114 valence electrons. The molecule has 0 radical (unpaired) electrons. The van der Waals surface area contributed by atoms with E-state index in [4.69, 9.17) is 27.6 Å². The molecule has 2 aromatic rings. The maximum Gasteiger partial charge on any atom is 0.158 e. The molecule has 0 amide bonds. The highest BCUT2D eigenvalue weighted by molar-refractivity contribution is 6.35. The fourth-order valence-electron chi connectivity index (χ4n) is 2.30. The Labute approximate surface area is 136 Å². The third-order valence-electron chi connectivity index (χ3n) is 3.42. The fraction of sp³-hybridized carbons (Fsp3) is 0.412. The highest BCUT2D eigenvalue weighted by Crippen LogP contribution is 2.28. The van der Waals surface area contributed by atoms with Gasteiger partial charge in [0.05, 0.1) is 6.54 Å². The lowest BCUT2D eigenvalue weighted by atomic mass is 10.2. The van der Waals surface area contributed by atoms with Crippen LogP contribution >= 0.6 is 23.2 Å². The topological polar surface area (TPSA) is 29.8 Å². The second-order valence-electron chi connectivity index (χ2n) is 5.27. The Kier molecular flexibility index (Phi) is 6.62. The quantitative estimate of drug-likeness (QED) is 0.687. The van der Waals surface area contributed by atoms with Gasteiger partial charge in [0, 0.05) is 15.6 Å². The molecule has 21 heavy (non-hydrogen) atoms.